The summed E-state index contributed by atoms with van der Waals surface area (Å²) < 4.78 is 36.3. The van der Waals surface area contributed by atoms with Crippen molar-refractivity contribution < 1.29 is 12.9 Å². The fraction of sp³-hybridized carbons (Fsp3) is 0. The van der Waals surface area contributed by atoms with Crippen LogP contribution in [0.25, 0.3) is 0 Å². The number of hydrogen-bond donors (Lipinski definition) is 0. The Morgan fingerprint density at radius 2 is 1.67 bits per heavy atom. The van der Waals surface area contributed by atoms with Crippen LogP contribution in [-0.2, 0) is 0 Å². The molecule has 0 unspecified atom stereocenters. The lowest BCUT2D eigenvalue weighted by Gasteiger charge is -2.16. The molecule has 0 saturated carbocycles. The van der Waals surface area contributed by atoms with Crippen molar-refractivity contribution in [2.24, 2.45) is 0 Å². The van der Waals surface area contributed by atoms with Gasteiger partial charge in [0.1, 0.15) is 0 Å². The molecule has 0 amide bonds. The van der Waals surface area contributed by atoms with Gasteiger partial charge in [0.05, 0.1) is 0 Å². The highest BCUT2D eigenvalue weighted by Crippen LogP contribution is 2.19. The second-order valence-corrected chi connectivity index (χ2v) is 3.08. The third-order valence-electron chi connectivity index (χ3n) is 1.32. The molecule has 0 spiro atoms. The van der Waals surface area contributed by atoms with E-state index in [0.29, 0.717) is 0 Å². The molecule has 1 rings (SSSR count). The third kappa shape index (κ3) is 2.08. The summed E-state index contributed by atoms with van der Waals surface area (Å²) in [4.78, 5) is 0. The van der Waals surface area contributed by atoms with Gasteiger partial charge in [0.25, 0.3) is 0 Å². The predicted molar refractivity (Wildman–Crippen MR) is 45.2 cm³/mol. The van der Waals surface area contributed by atoms with Gasteiger partial charge in [0.15, 0.2) is 0 Å². The minimum absolute atomic E-state index is 0.198. The molecule has 0 heterocycles. The van der Waals surface area contributed by atoms with Crippen LogP contribution in [-0.4, -0.2) is 6.98 Å². The lowest BCUT2D eigenvalue weighted by Crippen LogP contribution is -2.34. The summed E-state index contributed by atoms with van der Waals surface area (Å²) in [5, 5.41) is -0.154. The molecule has 12 heavy (non-hydrogen) atoms. The molecule has 0 N–H and O–H groups in total. The molecule has 66 valence electrons. The Kier molecular flexibility index (Phi) is 2.59. The molecule has 1 aromatic rings. The molecule has 0 fully saturated rings. The second-order valence-electron chi connectivity index (χ2n) is 2.24. The summed E-state index contributed by atoms with van der Waals surface area (Å²) in [7, 11) is 0. The van der Waals surface area contributed by atoms with Crippen LogP contribution < -0.4 is 5.46 Å². The Morgan fingerprint density at radius 3 is 2.08 bits per heavy atom. The van der Waals surface area contributed by atoms with E-state index in [0.717, 1.165) is 18.2 Å². The van der Waals surface area contributed by atoms with E-state index in [-0.39, 0.29) is 10.0 Å². The smallest absolute Gasteiger partial charge is 0.445 e. The maximum atomic E-state index is 12.1. The average molecular weight is 214 g/mol. The van der Waals surface area contributed by atoms with Crippen molar-refractivity contribution in [3.05, 3.63) is 28.2 Å². The molecule has 0 radical (unpaired) electrons. The van der Waals surface area contributed by atoms with Crippen molar-refractivity contribution in [3.63, 3.8) is 0 Å². The Hall–Kier alpha value is -0.345. The van der Waals surface area contributed by atoms with Crippen molar-refractivity contribution in [1.29, 1.82) is 0 Å². The topological polar surface area (TPSA) is 0 Å². The zero-order chi connectivity index (χ0) is 9.35. The van der Waals surface area contributed by atoms with E-state index in [1.807, 2.05) is 0 Å². The van der Waals surface area contributed by atoms with Gasteiger partial charge < -0.3 is 12.9 Å². The molecule has 0 aliphatic heterocycles. The largest absolute Gasteiger partial charge is 0.511 e. The van der Waals surface area contributed by atoms with E-state index in [9.17, 15) is 12.9 Å². The van der Waals surface area contributed by atoms with Crippen molar-refractivity contribution in [2.45, 2.75) is 0 Å². The number of benzene rings is 1. The van der Waals surface area contributed by atoms with Crippen LogP contribution in [0.1, 0.15) is 0 Å². The Bertz CT molecular complexity index is 297. The molecule has 0 saturated heterocycles. The van der Waals surface area contributed by atoms with Crippen LogP contribution in [0.4, 0.5) is 12.9 Å². The number of hydrogen-bond acceptors (Lipinski definition) is 0. The van der Waals surface area contributed by atoms with Gasteiger partial charge in [-0.15, -0.1) is 0 Å². The van der Waals surface area contributed by atoms with E-state index in [1.165, 1.54) is 0 Å². The Balaban J connectivity index is 3.19. The van der Waals surface area contributed by atoms with E-state index in [2.05, 4.69) is 0 Å². The van der Waals surface area contributed by atoms with Gasteiger partial charge in [-0.2, -0.15) is 0 Å². The molecule has 0 aliphatic rings. The highest BCUT2D eigenvalue weighted by Gasteiger charge is 2.27. The summed E-state index contributed by atoms with van der Waals surface area (Å²) in [6.07, 6.45) is 0. The fourth-order valence-corrected chi connectivity index (χ4v) is 1.30. The van der Waals surface area contributed by atoms with Crippen molar-refractivity contribution in [2.75, 3.05) is 0 Å². The van der Waals surface area contributed by atoms with Crippen LogP contribution in [0.15, 0.2) is 18.2 Å². The van der Waals surface area contributed by atoms with Crippen LogP contribution in [0.2, 0.25) is 10.0 Å². The quantitative estimate of drug-likeness (QED) is 0.630. The molecule has 0 aliphatic carbocycles. The van der Waals surface area contributed by atoms with Gasteiger partial charge in [-0.05, 0) is 12.1 Å². The molecule has 0 nitrogen and oxygen atoms in total. The van der Waals surface area contributed by atoms with Crippen LogP contribution in [0, 0.1) is 0 Å². The molecular weight excluding hydrogens is 211 g/mol. The molecule has 0 atom stereocenters. The van der Waals surface area contributed by atoms with Crippen molar-refractivity contribution in [1.82, 2.24) is 0 Å². The normalized spacial score (nSPS) is 11.8. The van der Waals surface area contributed by atoms with Gasteiger partial charge in [-0.1, -0.05) is 34.7 Å². The maximum absolute atomic E-state index is 12.1. The molecule has 0 aromatic heterocycles. The van der Waals surface area contributed by atoms with Gasteiger partial charge in [-0.25, -0.2) is 0 Å². The highest BCUT2D eigenvalue weighted by atomic mass is 35.5. The molecule has 0 bridgehead atoms. The third-order valence-corrected chi connectivity index (χ3v) is 1.88. The van der Waals surface area contributed by atoms with Crippen molar-refractivity contribution >= 4 is 35.6 Å². The molecular formula is C6H3BCl2F3-. The van der Waals surface area contributed by atoms with E-state index >= 15 is 0 Å². The lowest BCUT2D eigenvalue weighted by atomic mass is 9.80. The summed E-state index contributed by atoms with van der Waals surface area (Å²) in [5.41, 5.74) is -0.805. The predicted octanol–water partition coefficient (Wildman–Crippen LogP) is 3.05. The molecule has 1 aromatic carbocycles. The number of halogens is 5. The van der Waals surface area contributed by atoms with Crippen LogP contribution in [0.5, 0.6) is 0 Å². The van der Waals surface area contributed by atoms with E-state index in [1.54, 1.807) is 0 Å². The first-order chi connectivity index (χ1) is 5.41. The Labute approximate surface area is 77.3 Å². The highest BCUT2D eigenvalue weighted by molar-refractivity contribution is 6.76. The van der Waals surface area contributed by atoms with Gasteiger partial charge in [0.2, 0.25) is 0 Å². The second kappa shape index (κ2) is 3.19. The molecule has 6 heteroatoms. The first kappa shape index (κ1) is 9.74. The zero-order valence-corrected chi connectivity index (χ0v) is 7.21. The van der Waals surface area contributed by atoms with Gasteiger partial charge in [-0.3, -0.25) is 0 Å². The maximum Gasteiger partial charge on any atom is 0.511 e. The Morgan fingerprint density at radius 1 is 1.08 bits per heavy atom. The summed E-state index contributed by atoms with van der Waals surface area (Å²) in [5.74, 6) is 0. The first-order valence-electron chi connectivity index (χ1n) is 3.06. The summed E-state index contributed by atoms with van der Waals surface area (Å²) in [6, 6.07) is 3.12. The number of rotatable bonds is 1. The van der Waals surface area contributed by atoms with Crippen molar-refractivity contribution in [3.8, 4) is 0 Å². The van der Waals surface area contributed by atoms with Gasteiger partial charge in [0, 0.05) is 10.0 Å². The van der Waals surface area contributed by atoms with E-state index in [4.69, 9.17) is 23.2 Å². The lowest BCUT2D eigenvalue weighted by molar-refractivity contribution is 0.501. The fourth-order valence-electron chi connectivity index (χ4n) is 0.767. The summed E-state index contributed by atoms with van der Waals surface area (Å²) in [6.45, 7) is -5.03. The average Bonchev–Trinajstić information content (AvgIpc) is 1.83. The first-order valence-corrected chi connectivity index (χ1v) is 3.82. The minimum Gasteiger partial charge on any atom is -0.445 e. The zero-order valence-electron chi connectivity index (χ0n) is 5.70. The monoisotopic (exact) mass is 213 g/mol. The standard InChI is InChI=1S/C6H3BCl2F3/c8-4-1-2-5(6(9)3-4)7(10,11)12/h1-3H/q-1. The van der Waals surface area contributed by atoms with E-state index < -0.39 is 12.4 Å². The SMILES string of the molecule is F[B-](F)(F)c1ccc(Cl)cc1Cl. The van der Waals surface area contributed by atoms with Gasteiger partial charge >= 0.3 is 6.98 Å². The van der Waals surface area contributed by atoms with Crippen LogP contribution >= 0.6 is 23.2 Å². The summed E-state index contributed by atoms with van der Waals surface area (Å²) >= 11 is 10.7. The minimum atomic E-state index is -5.03. The van der Waals surface area contributed by atoms with Crippen LogP contribution in [0.3, 0.4) is 0 Å².